The van der Waals surface area contributed by atoms with Crippen LogP contribution in [-0.4, -0.2) is 38.7 Å². The van der Waals surface area contributed by atoms with Gasteiger partial charge in [0.05, 0.1) is 17.7 Å². The topological polar surface area (TPSA) is 73.1 Å². The van der Waals surface area contributed by atoms with Crippen LogP contribution in [0.3, 0.4) is 0 Å². The summed E-state index contributed by atoms with van der Waals surface area (Å²) >= 11 is 0. The second-order valence-corrected chi connectivity index (χ2v) is 10.7. The molecular formula is C30H31F2N5O2. The highest BCUT2D eigenvalue weighted by Gasteiger charge is 2.29. The van der Waals surface area contributed by atoms with Gasteiger partial charge in [-0.25, -0.2) is 23.1 Å². The van der Waals surface area contributed by atoms with Gasteiger partial charge in [0.15, 0.2) is 5.65 Å². The van der Waals surface area contributed by atoms with Crippen LogP contribution in [0.1, 0.15) is 63.6 Å². The summed E-state index contributed by atoms with van der Waals surface area (Å²) in [5, 5.41) is 0.393. The second-order valence-electron chi connectivity index (χ2n) is 10.7. The van der Waals surface area contributed by atoms with E-state index >= 15 is 8.78 Å². The van der Waals surface area contributed by atoms with Crippen molar-refractivity contribution in [3.05, 3.63) is 69.9 Å². The highest BCUT2D eigenvalue weighted by atomic mass is 19.1. The first kappa shape index (κ1) is 25.4. The number of nitrogens with zero attached hydrogens (tertiary/aromatic N) is 5. The molecule has 2 aliphatic heterocycles. The van der Waals surface area contributed by atoms with Gasteiger partial charge in [-0.3, -0.25) is 4.98 Å². The monoisotopic (exact) mass is 531 g/mol. The lowest BCUT2D eigenvalue weighted by Gasteiger charge is -2.35. The number of halogens is 2. The molecule has 2 bridgehead atoms. The number of hydrogen-bond donors (Lipinski definition) is 0. The minimum atomic E-state index is -0.657. The predicted octanol–water partition coefficient (Wildman–Crippen LogP) is 5.95. The molecule has 0 spiro atoms. The average Bonchev–Trinajstić information content (AvgIpc) is 2.91. The summed E-state index contributed by atoms with van der Waals surface area (Å²) in [7, 11) is 0. The molecule has 202 valence electrons. The summed E-state index contributed by atoms with van der Waals surface area (Å²) in [6.45, 7) is 7.06. The van der Waals surface area contributed by atoms with Crippen LogP contribution in [0.4, 0.5) is 14.6 Å². The van der Waals surface area contributed by atoms with E-state index in [0.717, 1.165) is 19.3 Å². The van der Waals surface area contributed by atoms with Crippen molar-refractivity contribution in [1.82, 2.24) is 19.5 Å². The van der Waals surface area contributed by atoms with E-state index in [2.05, 4.69) is 21.8 Å². The smallest absolute Gasteiger partial charge is 0.356 e. The zero-order valence-corrected chi connectivity index (χ0v) is 22.4. The van der Waals surface area contributed by atoms with Gasteiger partial charge in [0.1, 0.15) is 34.6 Å². The molecule has 0 unspecified atom stereocenters. The fraction of sp³-hybridized carbons (Fsp3) is 0.400. The number of pyridine rings is 2. The zero-order valence-electron chi connectivity index (χ0n) is 22.4. The zero-order chi connectivity index (χ0) is 27.3. The quantitative estimate of drug-likeness (QED) is 0.318. The largest absolute Gasteiger partial charge is 0.491 e. The van der Waals surface area contributed by atoms with Crippen LogP contribution in [0.25, 0.3) is 28.0 Å². The molecule has 3 aromatic heterocycles. The Hall–Kier alpha value is -3.88. The van der Waals surface area contributed by atoms with Gasteiger partial charge in [0.2, 0.25) is 0 Å². The second kappa shape index (κ2) is 10.0. The summed E-state index contributed by atoms with van der Waals surface area (Å²) in [5.41, 5.74) is 1.33. The molecule has 0 saturated carbocycles. The minimum Gasteiger partial charge on any atom is -0.491 e. The maximum atomic E-state index is 16.0. The maximum Gasteiger partial charge on any atom is 0.356 e. The van der Waals surface area contributed by atoms with Crippen LogP contribution < -0.4 is 15.3 Å². The van der Waals surface area contributed by atoms with Crippen molar-refractivity contribution in [2.75, 3.05) is 18.1 Å². The number of fused-ring (bicyclic) bond motifs is 5. The molecule has 2 aliphatic rings. The number of ether oxygens (including phenoxy) is 1. The van der Waals surface area contributed by atoms with E-state index < -0.39 is 17.3 Å². The van der Waals surface area contributed by atoms with Crippen LogP contribution in [-0.2, 0) is 6.42 Å². The predicted molar refractivity (Wildman–Crippen MR) is 147 cm³/mol. The Kier molecular flexibility index (Phi) is 6.53. The van der Waals surface area contributed by atoms with Crippen LogP contribution in [0.15, 0.2) is 41.3 Å². The fourth-order valence-corrected chi connectivity index (χ4v) is 5.82. The average molecular weight is 532 g/mol. The normalized spacial score (nSPS) is 17.4. The number of rotatable bonds is 2. The van der Waals surface area contributed by atoms with Crippen LogP contribution in [0.2, 0.25) is 0 Å². The van der Waals surface area contributed by atoms with E-state index in [4.69, 9.17) is 9.72 Å². The fourth-order valence-electron chi connectivity index (χ4n) is 5.82. The number of anilines is 1. The Labute approximate surface area is 225 Å². The molecule has 7 nitrogen and oxygen atoms in total. The first-order valence-electron chi connectivity index (χ1n) is 13.6. The molecule has 1 saturated heterocycles. The van der Waals surface area contributed by atoms with Crippen LogP contribution >= 0.6 is 0 Å². The lowest BCUT2D eigenvalue weighted by molar-refractivity contribution is 0.309. The Morgan fingerprint density at radius 3 is 2.72 bits per heavy atom. The molecule has 1 fully saturated rings. The molecule has 1 atom stereocenters. The first-order valence-corrected chi connectivity index (χ1v) is 13.6. The molecule has 1 aromatic carbocycles. The van der Waals surface area contributed by atoms with Crippen molar-refractivity contribution in [2.45, 2.75) is 64.8 Å². The molecule has 9 heteroatoms. The Balaban J connectivity index is 1.77. The van der Waals surface area contributed by atoms with E-state index in [-0.39, 0.29) is 28.9 Å². The Morgan fingerprint density at radius 1 is 1.08 bits per heavy atom. The molecular weight excluding hydrogens is 500 g/mol. The van der Waals surface area contributed by atoms with Gasteiger partial charge in [-0.1, -0.05) is 26.0 Å². The van der Waals surface area contributed by atoms with E-state index in [1.807, 2.05) is 13.8 Å². The molecule has 0 aliphatic carbocycles. The molecule has 6 rings (SSSR count). The van der Waals surface area contributed by atoms with Gasteiger partial charge in [0, 0.05) is 30.4 Å². The third kappa shape index (κ3) is 4.33. The van der Waals surface area contributed by atoms with Gasteiger partial charge in [0.25, 0.3) is 0 Å². The van der Waals surface area contributed by atoms with Crippen molar-refractivity contribution in [3.8, 4) is 22.7 Å². The Morgan fingerprint density at radius 2 is 1.92 bits per heavy atom. The van der Waals surface area contributed by atoms with Crippen molar-refractivity contribution in [3.63, 3.8) is 0 Å². The van der Waals surface area contributed by atoms with Crippen molar-refractivity contribution >= 4 is 16.9 Å². The lowest BCUT2D eigenvalue weighted by Crippen LogP contribution is -2.40. The number of hydrogen-bond acceptors (Lipinski definition) is 6. The molecule has 0 N–H and O–H groups in total. The lowest BCUT2D eigenvalue weighted by atomic mass is 9.98. The third-order valence-electron chi connectivity index (χ3n) is 7.75. The highest BCUT2D eigenvalue weighted by Crippen LogP contribution is 2.37. The molecule has 0 radical (unpaired) electrons. The Bertz CT molecular complexity index is 1630. The van der Waals surface area contributed by atoms with Crippen molar-refractivity contribution in [1.29, 1.82) is 0 Å². The molecule has 4 aromatic rings. The third-order valence-corrected chi connectivity index (χ3v) is 7.75. The van der Waals surface area contributed by atoms with E-state index in [9.17, 15) is 4.79 Å². The van der Waals surface area contributed by atoms with E-state index in [0.29, 0.717) is 59.9 Å². The minimum absolute atomic E-state index is 0.0571. The molecule has 0 amide bonds. The number of piperidine rings is 1. The van der Waals surface area contributed by atoms with Crippen molar-refractivity contribution < 1.29 is 13.5 Å². The van der Waals surface area contributed by atoms with Gasteiger partial charge in [-0.15, -0.1) is 0 Å². The van der Waals surface area contributed by atoms with Gasteiger partial charge in [-0.2, -0.15) is 4.98 Å². The number of benzene rings is 1. The number of aryl methyl sites for hydroxylation is 1. The summed E-state index contributed by atoms with van der Waals surface area (Å²) in [6, 6.07) is 7.91. The molecule has 5 heterocycles. The van der Waals surface area contributed by atoms with Crippen molar-refractivity contribution in [2.24, 2.45) is 0 Å². The van der Waals surface area contributed by atoms with E-state index in [1.54, 1.807) is 24.4 Å². The van der Waals surface area contributed by atoms with Gasteiger partial charge >= 0.3 is 5.69 Å². The number of aromatic nitrogens is 4. The first-order chi connectivity index (χ1) is 18.8. The summed E-state index contributed by atoms with van der Waals surface area (Å²) < 4.78 is 38.9. The van der Waals surface area contributed by atoms with Crippen LogP contribution in [0, 0.1) is 11.6 Å². The summed E-state index contributed by atoms with van der Waals surface area (Å²) in [4.78, 5) is 29.8. The summed E-state index contributed by atoms with van der Waals surface area (Å²) in [5.74, 6) is -0.400. The van der Waals surface area contributed by atoms with Gasteiger partial charge in [-0.05, 0) is 62.6 Å². The molecule has 39 heavy (non-hydrogen) atoms. The van der Waals surface area contributed by atoms with Gasteiger partial charge < -0.3 is 9.64 Å². The maximum absolute atomic E-state index is 16.0. The highest BCUT2D eigenvalue weighted by molar-refractivity contribution is 5.91. The SMILES string of the molecule is CC(C)c1nccc2c1-n1c(=O)nc(N3CCCC[C@@H]3C)c3cc(F)c(nc31)-c1c(F)cccc1CCCO2. The summed E-state index contributed by atoms with van der Waals surface area (Å²) in [6.07, 6.45) is 5.66. The standard InChI is InChI=1S/C30H31F2N5O2/c1-17(2)25-27-23(12-13-33-25)39-15-7-10-19-9-6-11-21(31)24(19)26-22(32)16-20-28(36-14-5-4-8-18(36)3)35-30(38)37(27)29(20)34-26/h6,9,11-13,16-18H,4-5,7-8,10,14-15H2,1-3H3/t18-/m0/s1. The van der Waals surface area contributed by atoms with Crippen LogP contribution in [0.5, 0.6) is 5.75 Å². The van der Waals surface area contributed by atoms with E-state index in [1.165, 1.54) is 16.7 Å².